The summed E-state index contributed by atoms with van der Waals surface area (Å²) < 4.78 is 0. The van der Waals surface area contributed by atoms with E-state index >= 15 is 0 Å². The maximum absolute atomic E-state index is 11.0. The van der Waals surface area contributed by atoms with Gasteiger partial charge in [0.05, 0.1) is 0 Å². The lowest BCUT2D eigenvalue weighted by Crippen LogP contribution is -2.13. The maximum atomic E-state index is 11.0. The van der Waals surface area contributed by atoms with Crippen LogP contribution in [0.15, 0.2) is 24.3 Å². The van der Waals surface area contributed by atoms with Crippen LogP contribution in [-0.4, -0.2) is 11.3 Å². The number of hydrogen-bond donors (Lipinski definition) is 1. The highest BCUT2D eigenvalue weighted by atomic mass is 35.5. The summed E-state index contributed by atoms with van der Waals surface area (Å²) in [6, 6.07) is 7.39. The first kappa shape index (κ1) is 8.57. The van der Waals surface area contributed by atoms with E-state index in [2.05, 4.69) is 0 Å². The molecule has 1 saturated carbocycles. The van der Waals surface area contributed by atoms with Crippen LogP contribution in [-0.2, 0) is 0 Å². The van der Waals surface area contributed by atoms with Gasteiger partial charge >= 0.3 is 0 Å². The van der Waals surface area contributed by atoms with Gasteiger partial charge in [-0.1, -0.05) is 18.2 Å². The minimum atomic E-state index is -0.369. The molecule has 2 nitrogen and oxygen atoms in total. The Morgan fingerprint density at radius 3 is 2.62 bits per heavy atom. The minimum absolute atomic E-state index is 0.181. The summed E-state index contributed by atoms with van der Waals surface area (Å²) in [5.74, 6) is -0.0447. The molecule has 0 radical (unpaired) electrons. The van der Waals surface area contributed by atoms with Crippen LogP contribution in [0.2, 0.25) is 0 Å². The number of benzene rings is 1. The van der Waals surface area contributed by atoms with E-state index in [4.69, 9.17) is 17.3 Å². The first-order chi connectivity index (χ1) is 6.20. The zero-order valence-electron chi connectivity index (χ0n) is 7.03. The van der Waals surface area contributed by atoms with Gasteiger partial charge in [0.15, 0.2) is 0 Å². The van der Waals surface area contributed by atoms with Gasteiger partial charge in [-0.25, -0.2) is 0 Å². The molecule has 13 heavy (non-hydrogen) atoms. The van der Waals surface area contributed by atoms with Crippen molar-refractivity contribution in [2.75, 3.05) is 0 Å². The maximum Gasteiger partial charge on any atom is 0.248 e. The normalized spacial score (nSPS) is 25.6. The molecule has 0 aliphatic heterocycles. The Labute approximate surface area is 81.7 Å². The van der Waals surface area contributed by atoms with Crippen LogP contribution in [0.3, 0.4) is 0 Å². The average Bonchev–Trinajstić information content (AvgIpc) is 2.82. The summed E-state index contributed by atoms with van der Waals surface area (Å²) in [7, 11) is 0. The van der Waals surface area contributed by atoms with Crippen molar-refractivity contribution < 1.29 is 4.79 Å². The number of halogens is 1. The van der Waals surface area contributed by atoms with Crippen LogP contribution in [0.4, 0.5) is 0 Å². The zero-order chi connectivity index (χ0) is 9.42. The second kappa shape index (κ2) is 3.04. The molecule has 2 N–H and O–H groups in total. The highest BCUT2D eigenvalue weighted by Gasteiger charge is 2.38. The van der Waals surface area contributed by atoms with Crippen LogP contribution >= 0.6 is 11.6 Å². The summed E-state index contributed by atoms with van der Waals surface area (Å²) in [5.41, 5.74) is 6.85. The van der Waals surface area contributed by atoms with E-state index in [9.17, 15) is 4.79 Å². The number of rotatable bonds is 2. The van der Waals surface area contributed by atoms with Gasteiger partial charge in [0.2, 0.25) is 5.91 Å². The molecule has 2 rings (SSSR count). The lowest BCUT2D eigenvalue weighted by molar-refractivity contribution is 0.0999. The van der Waals surface area contributed by atoms with E-state index in [0.29, 0.717) is 11.5 Å². The summed E-state index contributed by atoms with van der Waals surface area (Å²) in [4.78, 5) is 11.0. The van der Waals surface area contributed by atoms with Gasteiger partial charge in [-0.05, 0) is 18.1 Å². The largest absolute Gasteiger partial charge is 0.366 e. The average molecular weight is 196 g/mol. The fourth-order valence-corrected chi connectivity index (χ4v) is 1.86. The third-order valence-electron chi connectivity index (χ3n) is 2.34. The first-order valence-electron chi connectivity index (χ1n) is 4.23. The fourth-order valence-electron chi connectivity index (χ4n) is 1.53. The van der Waals surface area contributed by atoms with Gasteiger partial charge < -0.3 is 5.73 Å². The molecule has 0 bridgehead atoms. The van der Waals surface area contributed by atoms with Crippen LogP contribution in [0, 0.1) is 0 Å². The lowest BCUT2D eigenvalue weighted by Gasteiger charge is -2.03. The zero-order valence-corrected chi connectivity index (χ0v) is 7.79. The summed E-state index contributed by atoms with van der Waals surface area (Å²) >= 11 is 5.91. The Bertz CT molecular complexity index is 351. The molecule has 1 aliphatic carbocycles. The summed E-state index contributed by atoms with van der Waals surface area (Å²) in [6.45, 7) is 0. The third kappa shape index (κ3) is 1.54. The van der Waals surface area contributed by atoms with Crippen molar-refractivity contribution in [2.45, 2.75) is 17.7 Å². The molecular formula is C10H10ClNO. The Morgan fingerprint density at radius 1 is 1.46 bits per heavy atom. The van der Waals surface area contributed by atoms with E-state index < -0.39 is 0 Å². The second-order valence-electron chi connectivity index (χ2n) is 3.31. The molecule has 0 heterocycles. The number of primary amides is 1. The predicted molar refractivity (Wildman–Crippen MR) is 52.0 cm³/mol. The van der Waals surface area contributed by atoms with Crippen molar-refractivity contribution in [3.05, 3.63) is 35.4 Å². The highest BCUT2D eigenvalue weighted by Crippen LogP contribution is 2.46. The van der Waals surface area contributed by atoms with Crippen LogP contribution in [0.5, 0.6) is 0 Å². The number of alkyl halides is 1. The Hall–Kier alpha value is -1.02. The molecule has 1 fully saturated rings. The SMILES string of the molecule is NC(=O)c1ccccc1C1CC1Cl. The summed E-state index contributed by atoms with van der Waals surface area (Å²) in [5, 5.41) is 0.181. The monoisotopic (exact) mass is 195 g/mol. The van der Waals surface area contributed by atoms with Gasteiger partial charge in [-0.15, -0.1) is 11.6 Å². The van der Waals surface area contributed by atoms with E-state index in [-0.39, 0.29) is 11.3 Å². The van der Waals surface area contributed by atoms with Crippen LogP contribution < -0.4 is 5.73 Å². The molecule has 68 valence electrons. The minimum Gasteiger partial charge on any atom is -0.366 e. The molecule has 0 aromatic heterocycles. The molecule has 3 heteroatoms. The van der Waals surface area contributed by atoms with Crippen molar-refractivity contribution in [3.8, 4) is 0 Å². The molecule has 2 unspecified atom stereocenters. The second-order valence-corrected chi connectivity index (χ2v) is 3.87. The fraction of sp³-hybridized carbons (Fsp3) is 0.300. The molecule has 2 atom stereocenters. The Morgan fingerprint density at radius 2 is 2.08 bits per heavy atom. The Kier molecular flexibility index (Phi) is 2.00. The lowest BCUT2D eigenvalue weighted by atomic mass is 10.0. The van der Waals surface area contributed by atoms with Crippen LogP contribution in [0.25, 0.3) is 0 Å². The predicted octanol–water partition coefficient (Wildman–Crippen LogP) is 1.88. The molecule has 1 aliphatic rings. The molecule has 0 spiro atoms. The van der Waals surface area contributed by atoms with Gasteiger partial charge in [0.1, 0.15) is 0 Å². The number of carbonyl (C=O) groups excluding carboxylic acids is 1. The quantitative estimate of drug-likeness (QED) is 0.720. The molecule has 1 amide bonds. The van der Waals surface area contributed by atoms with Gasteiger partial charge in [0, 0.05) is 16.9 Å². The number of amides is 1. The van der Waals surface area contributed by atoms with Gasteiger partial charge in [-0.2, -0.15) is 0 Å². The van der Waals surface area contributed by atoms with Crippen molar-refractivity contribution in [2.24, 2.45) is 5.73 Å². The van der Waals surface area contributed by atoms with E-state index in [1.165, 1.54) is 0 Å². The van der Waals surface area contributed by atoms with Gasteiger partial charge in [0.25, 0.3) is 0 Å². The first-order valence-corrected chi connectivity index (χ1v) is 4.66. The number of carbonyl (C=O) groups is 1. The van der Waals surface area contributed by atoms with Crippen molar-refractivity contribution in [3.63, 3.8) is 0 Å². The molecular weight excluding hydrogens is 186 g/mol. The number of nitrogens with two attached hydrogens (primary N) is 1. The standard InChI is InChI=1S/C10H10ClNO/c11-9-5-8(9)6-3-1-2-4-7(6)10(12)13/h1-4,8-9H,5H2,(H2,12,13). The highest BCUT2D eigenvalue weighted by molar-refractivity contribution is 6.23. The topological polar surface area (TPSA) is 43.1 Å². The third-order valence-corrected chi connectivity index (χ3v) is 2.82. The van der Waals surface area contributed by atoms with E-state index in [1.54, 1.807) is 6.07 Å². The van der Waals surface area contributed by atoms with Crippen LogP contribution in [0.1, 0.15) is 28.3 Å². The Balaban J connectivity index is 2.38. The van der Waals surface area contributed by atoms with E-state index in [0.717, 1.165) is 12.0 Å². The summed E-state index contributed by atoms with van der Waals surface area (Å²) in [6.07, 6.45) is 0.950. The smallest absolute Gasteiger partial charge is 0.248 e. The molecule has 0 saturated heterocycles. The van der Waals surface area contributed by atoms with Gasteiger partial charge in [-0.3, -0.25) is 4.79 Å². The molecule has 1 aromatic rings. The van der Waals surface area contributed by atoms with Crippen molar-refractivity contribution >= 4 is 17.5 Å². The van der Waals surface area contributed by atoms with Crippen molar-refractivity contribution in [1.29, 1.82) is 0 Å². The number of hydrogen-bond acceptors (Lipinski definition) is 1. The van der Waals surface area contributed by atoms with Crippen molar-refractivity contribution in [1.82, 2.24) is 0 Å². The van der Waals surface area contributed by atoms with E-state index in [1.807, 2.05) is 18.2 Å². The molecule has 1 aromatic carbocycles.